The summed E-state index contributed by atoms with van der Waals surface area (Å²) in [5.74, 6) is -0.121. The van der Waals surface area contributed by atoms with Crippen LogP contribution in [0.3, 0.4) is 0 Å². The fraction of sp³-hybridized carbons (Fsp3) is 0.889. The first-order chi connectivity index (χ1) is 6.43. The molecule has 0 saturated carbocycles. The lowest BCUT2D eigenvalue weighted by Crippen LogP contribution is -2.56. The monoisotopic (exact) mass is 204 g/mol. The van der Waals surface area contributed by atoms with E-state index in [4.69, 9.17) is 4.74 Å². The zero-order valence-corrected chi connectivity index (χ0v) is 8.25. The summed E-state index contributed by atoms with van der Waals surface area (Å²) in [6.07, 6.45) is -4.80. The molecule has 82 valence electrons. The average Bonchev–Trinajstić information content (AvgIpc) is 2.10. The van der Waals surface area contributed by atoms with E-state index in [9.17, 15) is 20.1 Å². The number of Topliss-reactive ketones (excluding diaryl/α,β-unsaturated/α-hetero) is 1. The summed E-state index contributed by atoms with van der Waals surface area (Å²) in [6, 6.07) is 0. The molecule has 14 heavy (non-hydrogen) atoms. The maximum atomic E-state index is 10.8. The molecule has 3 N–H and O–H groups in total. The van der Waals surface area contributed by atoms with Crippen LogP contribution in [0.4, 0.5) is 0 Å². The molecule has 0 amide bonds. The Balaban J connectivity index is 2.65. The Morgan fingerprint density at radius 1 is 1.21 bits per heavy atom. The molecule has 0 spiro atoms. The van der Waals surface area contributed by atoms with Gasteiger partial charge in [-0.25, -0.2) is 0 Å². The molecule has 0 unspecified atom stereocenters. The van der Waals surface area contributed by atoms with E-state index in [1.165, 1.54) is 6.92 Å². The van der Waals surface area contributed by atoms with Gasteiger partial charge < -0.3 is 20.1 Å². The van der Waals surface area contributed by atoms with Crippen LogP contribution < -0.4 is 0 Å². The fourth-order valence-electron chi connectivity index (χ4n) is 1.59. The first-order valence-corrected chi connectivity index (χ1v) is 4.62. The van der Waals surface area contributed by atoms with Crippen molar-refractivity contribution in [2.45, 2.75) is 50.8 Å². The van der Waals surface area contributed by atoms with Crippen LogP contribution in [0, 0.1) is 0 Å². The van der Waals surface area contributed by atoms with Gasteiger partial charge in [0.05, 0.1) is 12.2 Å². The molecule has 1 saturated heterocycles. The van der Waals surface area contributed by atoms with E-state index in [1.54, 1.807) is 6.92 Å². The third-order valence-corrected chi connectivity index (χ3v) is 2.44. The molecule has 0 aliphatic carbocycles. The number of aliphatic hydroxyl groups excluding tert-OH is 3. The van der Waals surface area contributed by atoms with Crippen molar-refractivity contribution < 1.29 is 24.9 Å². The molecule has 0 radical (unpaired) electrons. The minimum atomic E-state index is -1.25. The fourth-order valence-corrected chi connectivity index (χ4v) is 1.59. The highest BCUT2D eigenvalue weighted by Crippen LogP contribution is 2.22. The van der Waals surface area contributed by atoms with Crippen LogP contribution in [0.2, 0.25) is 0 Å². The second-order valence-corrected chi connectivity index (χ2v) is 3.76. The Bertz CT molecular complexity index is 217. The minimum Gasteiger partial charge on any atom is -0.388 e. The largest absolute Gasteiger partial charge is 0.388 e. The molecule has 1 aliphatic rings. The Morgan fingerprint density at radius 2 is 1.79 bits per heavy atom. The predicted octanol–water partition coefficient (Wildman–Crippen LogP) is -1.16. The first kappa shape index (κ1) is 11.6. The Labute approximate surface area is 82.3 Å². The van der Waals surface area contributed by atoms with Gasteiger partial charge in [0.25, 0.3) is 0 Å². The summed E-state index contributed by atoms with van der Waals surface area (Å²) in [5.41, 5.74) is 0. The number of rotatable bonds is 2. The van der Waals surface area contributed by atoms with E-state index in [-0.39, 0.29) is 12.2 Å². The van der Waals surface area contributed by atoms with Crippen molar-refractivity contribution in [3.63, 3.8) is 0 Å². The van der Waals surface area contributed by atoms with Crippen molar-refractivity contribution in [1.29, 1.82) is 0 Å². The minimum absolute atomic E-state index is 0.0509. The number of aliphatic hydroxyl groups is 3. The highest BCUT2D eigenvalue weighted by Gasteiger charge is 2.41. The molecule has 1 rings (SSSR count). The molecule has 5 nitrogen and oxygen atoms in total. The molecule has 0 aromatic heterocycles. The van der Waals surface area contributed by atoms with E-state index in [2.05, 4.69) is 0 Å². The zero-order chi connectivity index (χ0) is 10.9. The normalized spacial score (nSPS) is 43.6. The van der Waals surface area contributed by atoms with Gasteiger partial charge in [0.1, 0.15) is 24.1 Å². The van der Waals surface area contributed by atoms with Crippen LogP contribution in [0.5, 0.6) is 0 Å². The van der Waals surface area contributed by atoms with Gasteiger partial charge in [-0.2, -0.15) is 0 Å². The Hall–Kier alpha value is -0.490. The van der Waals surface area contributed by atoms with Crippen LogP contribution in [0.1, 0.15) is 20.3 Å². The molecule has 5 atom stereocenters. The van der Waals surface area contributed by atoms with Gasteiger partial charge in [-0.15, -0.1) is 0 Å². The summed E-state index contributed by atoms with van der Waals surface area (Å²) in [6.45, 7) is 2.98. The van der Waals surface area contributed by atoms with Crippen LogP contribution in [-0.2, 0) is 9.53 Å². The standard InChI is InChI=1S/C9H16O5/c1-4(10)3-6-8(12)9(13)7(11)5(2)14-6/h5-9,11-13H,3H2,1-2H3/t5-,6+,7-,8+,9+/m1/s1. The van der Waals surface area contributed by atoms with E-state index in [0.717, 1.165) is 0 Å². The molecule has 1 aliphatic heterocycles. The molecule has 1 fully saturated rings. The van der Waals surface area contributed by atoms with Crippen molar-refractivity contribution in [1.82, 2.24) is 0 Å². The van der Waals surface area contributed by atoms with Crippen LogP contribution in [0.25, 0.3) is 0 Å². The van der Waals surface area contributed by atoms with Gasteiger partial charge in [0.2, 0.25) is 0 Å². The van der Waals surface area contributed by atoms with Crippen molar-refractivity contribution in [2.75, 3.05) is 0 Å². The lowest BCUT2D eigenvalue weighted by molar-refractivity contribution is -0.217. The first-order valence-electron chi connectivity index (χ1n) is 4.62. The van der Waals surface area contributed by atoms with Gasteiger partial charge in [-0.05, 0) is 13.8 Å². The van der Waals surface area contributed by atoms with E-state index >= 15 is 0 Å². The van der Waals surface area contributed by atoms with Crippen LogP contribution >= 0.6 is 0 Å². The number of ether oxygens (including phenoxy) is 1. The Morgan fingerprint density at radius 3 is 2.29 bits per heavy atom. The molecular weight excluding hydrogens is 188 g/mol. The topological polar surface area (TPSA) is 87.0 Å². The number of carbonyl (C=O) groups is 1. The zero-order valence-electron chi connectivity index (χ0n) is 8.25. The molecular formula is C9H16O5. The molecule has 1 heterocycles. The van der Waals surface area contributed by atoms with Gasteiger partial charge in [0, 0.05) is 6.42 Å². The summed E-state index contributed by atoms with van der Waals surface area (Å²) in [7, 11) is 0. The number of hydrogen-bond donors (Lipinski definition) is 3. The summed E-state index contributed by atoms with van der Waals surface area (Å²) >= 11 is 0. The summed E-state index contributed by atoms with van der Waals surface area (Å²) in [5, 5.41) is 28.2. The predicted molar refractivity (Wildman–Crippen MR) is 47.7 cm³/mol. The van der Waals surface area contributed by atoms with Crippen molar-refractivity contribution in [3.8, 4) is 0 Å². The van der Waals surface area contributed by atoms with Gasteiger partial charge in [-0.1, -0.05) is 0 Å². The second kappa shape index (κ2) is 4.35. The number of hydrogen-bond acceptors (Lipinski definition) is 5. The lowest BCUT2D eigenvalue weighted by atomic mass is 9.93. The lowest BCUT2D eigenvalue weighted by Gasteiger charge is -2.39. The van der Waals surface area contributed by atoms with Gasteiger partial charge in [0.15, 0.2) is 0 Å². The van der Waals surface area contributed by atoms with Crippen molar-refractivity contribution in [3.05, 3.63) is 0 Å². The molecule has 5 heteroatoms. The summed E-state index contributed by atoms with van der Waals surface area (Å²) in [4.78, 5) is 10.8. The van der Waals surface area contributed by atoms with Crippen LogP contribution in [-0.4, -0.2) is 51.6 Å². The highest BCUT2D eigenvalue weighted by molar-refractivity contribution is 5.76. The maximum Gasteiger partial charge on any atom is 0.132 e. The highest BCUT2D eigenvalue weighted by atomic mass is 16.5. The molecule has 0 aromatic rings. The third kappa shape index (κ3) is 2.30. The summed E-state index contributed by atoms with van der Waals surface area (Å²) < 4.78 is 5.21. The van der Waals surface area contributed by atoms with Crippen molar-refractivity contribution in [2.24, 2.45) is 0 Å². The smallest absolute Gasteiger partial charge is 0.132 e. The van der Waals surface area contributed by atoms with Crippen molar-refractivity contribution >= 4 is 5.78 Å². The van der Waals surface area contributed by atoms with Gasteiger partial charge in [-0.3, -0.25) is 4.79 Å². The van der Waals surface area contributed by atoms with E-state index in [1.807, 2.05) is 0 Å². The van der Waals surface area contributed by atoms with E-state index < -0.39 is 30.5 Å². The average molecular weight is 204 g/mol. The molecule has 0 aromatic carbocycles. The second-order valence-electron chi connectivity index (χ2n) is 3.76. The van der Waals surface area contributed by atoms with Gasteiger partial charge >= 0.3 is 0 Å². The molecule has 0 bridgehead atoms. The quantitative estimate of drug-likeness (QED) is 0.528. The number of ketones is 1. The maximum absolute atomic E-state index is 10.8. The SMILES string of the molecule is CC(=O)C[C@@H]1O[C@H](C)[C@@H](O)[C@H](O)[C@H]1O. The van der Waals surface area contributed by atoms with Crippen LogP contribution in [0.15, 0.2) is 0 Å². The number of carbonyl (C=O) groups excluding carboxylic acids is 1. The Kier molecular flexibility index (Phi) is 3.60. The van der Waals surface area contributed by atoms with E-state index in [0.29, 0.717) is 0 Å². The third-order valence-electron chi connectivity index (χ3n) is 2.44.